The fraction of sp³-hybridized carbons (Fsp3) is 0. The molecule has 144 valence electrons. The number of esters is 1. The van der Waals surface area contributed by atoms with Crippen LogP contribution in [0, 0.1) is 0 Å². The van der Waals surface area contributed by atoms with Gasteiger partial charge in [0.15, 0.2) is 0 Å². The molecule has 0 saturated heterocycles. The molecule has 0 spiro atoms. The third-order valence-electron chi connectivity index (χ3n) is 4.06. The molecule has 3 aromatic carbocycles. The smallest absolute Gasteiger partial charge is 0.343 e. The second-order valence-corrected chi connectivity index (χ2v) is 7.34. The van der Waals surface area contributed by atoms with Crippen LogP contribution in [0.1, 0.15) is 10.4 Å². The maximum atomic E-state index is 12.7. The highest BCUT2D eigenvalue weighted by molar-refractivity contribution is 9.10. The van der Waals surface area contributed by atoms with Crippen molar-refractivity contribution in [1.29, 1.82) is 0 Å². The Morgan fingerprint density at radius 2 is 1.72 bits per heavy atom. The monoisotopic (exact) mass is 470 g/mol. The second-order valence-electron chi connectivity index (χ2n) is 6.02. The van der Waals surface area contributed by atoms with Gasteiger partial charge in [0.25, 0.3) is 0 Å². The summed E-state index contributed by atoms with van der Waals surface area (Å²) in [6, 6.07) is 18.1. The Labute approximate surface area is 178 Å². The van der Waals surface area contributed by atoms with Gasteiger partial charge in [-0.15, -0.1) is 0 Å². The average Bonchev–Trinajstić information content (AvgIpc) is 2.72. The van der Waals surface area contributed by atoms with E-state index in [2.05, 4.69) is 15.9 Å². The number of halogens is 2. The normalized spacial score (nSPS) is 10.7. The molecule has 29 heavy (non-hydrogen) atoms. The zero-order valence-electron chi connectivity index (χ0n) is 14.7. The molecule has 0 aliphatic rings. The minimum atomic E-state index is -0.516. The first-order valence-corrected chi connectivity index (χ1v) is 9.64. The van der Waals surface area contributed by atoms with E-state index in [9.17, 15) is 9.59 Å². The van der Waals surface area contributed by atoms with Crippen molar-refractivity contribution in [2.75, 3.05) is 0 Å². The van der Waals surface area contributed by atoms with Crippen molar-refractivity contribution < 1.29 is 18.7 Å². The van der Waals surface area contributed by atoms with E-state index in [4.69, 9.17) is 25.5 Å². The quantitative estimate of drug-likeness (QED) is 0.261. The number of ether oxygens (including phenoxy) is 2. The molecular formula is C22H12BrClO5. The lowest BCUT2D eigenvalue weighted by molar-refractivity contribution is 0.0735. The first-order valence-electron chi connectivity index (χ1n) is 8.47. The average molecular weight is 472 g/mol. The number of rotatable bonds is 4. The third kappa shape index (κ3) is 4.18. The lowest BCUT2D eigenvalue weighted by Crippen LogP contribution is -2.09. The van der Waals surface area contributed by atoms with Crippen LogP contribution in [0.3, 0.4) is 0 Å². The molecule has 0 aliphatic carbocycles. The molecule has 1 aromatic heterocycles. The number of carbonyl (C=O) groups excluding carboxylic acids is 1. The van der Waals surface area contributed by atoms with Crippen LogP contribution in [0.5, 0.6) is 17.2 Å². The van der Waals surface area contributed by atoms with Gasteiger partial charge in [0, 0.05) is 10.5 Å². The van der Waals surface area contributed by atoms with Crippen molar-refractivity contribution in [2.45, 2.75) is 0 Å². The van der Waals surface area contributed by atoms with Crippen molar-refractivity contribution in [3.05, 3.63) is 98.3 Å². The van der Waals surface area contributed by atoms with Gasteiger partial charge in [-0.1, -0.05) is 39.7 Å². The van der Waals surface area contributed by atoms with E-state index < -0.39 is 5.97 Å². The zero-order chi connectivity index (χ0) is 20.4. The Morgan fingerprint density at radius 1 is 0.966 bits per heavy atom. The van der Waals surface area contributed by atoms with Crippen LogP contribution >= 0.6 is 27.5 Å². The number of fused-ring (bicyclic) bond motifs is 1. The molecule has 0 amide bonds. The molecule has 5 nitrogen and oxygen atoms in total. The van der Waals surface area contributed by atoms with Gasteiger partial charge < -0.3 is 13.9 Å². The number of hydrogen-bond acceptors (Lipinski definition) is 5. The predicted octanol–water partition coefficient (Wildman–Crippen LogP) is 6.22. The summed E-state index contributed by atoms with van der Waals surface area (Å²) in [7, 11) is 0. The van der Waals surface area contributed by atoms with Crippen LogP contribution in [0.25, 0.3) is 11.0 Å². The number of para-hydroxylation sites is 1. The summed E-state index contributed by atoms with van der Waals surface area (Å²) in [6.45, 7) is 0. The van der Waals surface area contributed by atoms with Crippen LogP contribution in [-0.4, -0.2) is 5.97 Å². The van der Waals surface area contributed by atoms with E-state index in [1.807, 2.05) is 0 Å². The van der Waals surface area contributed by atoms with Gasteiger partial charge in [0.05, 0.1) is 16.0 Å². The Hall–Kier alpha value is -3.09. The van der Waals surface area contributed by atoms with Crippen LogP contribution in [-0.2, 0) is 0 Å². The highest BCUT2D eigenvalue weighted by Crippen LogP contribution is 2.29. The van der Waals surface area contributed by atoms with Gasteiger partial charge >= 0.3 is 5.97 Å². The van der Waals surface area contributed by atoms with Crippen molar-refractivity contribution in [2.24, 2.45) is 0 Å². The van der Waals surface area contributed by atoms with E-state index in [0.29, 0.717) is 16.3 Å². The summed E-state index contributed by atoms with van der Waals surface area (Å²) in [5.41, 5.74) is 0.304. The summed E-state index contributed by atoms with van der Waals surface area (Å²) >= 11 is 9.38. The Bertz CT molecular complexity index is 1260. The molecule has 0 radical (unpaired) electrons. The topological polar surface area (TPSA) is 65.7 Å². The van der Waals surface area contributed by atoms with E-state index in [1.54, 1.807) is 48.5 Å². The first kappa shape index (κ1) is 19.2. The van der Waals surface area contributed by atoms with E-state index in [0.717, 1.165) is 4.47 Å². The van der Waals surface area contributed by atoms with Crippen LogP contribution in [0.15, 0.2) is 86.7 Å². The van der Waals surface area contributed by atoms with Crippen molar-refractivity contribution in [3.8, 4) is 17.2 Å². The highest BCUT2D eigenvalue weighted by Gasteiger charge is 2.13. The van der Waals surface area contributed by atoms with Crippen LogP contribution < -0.4 is 14.9 Å². The highest BCUT2D eigenvalue weighted by atomic mass is 79.9. The summed E-state index contributed by atoms with van der Waals surface area (Å²) in [5.74, 6) is 0.0947. The van der Waals surface area contributed by atoms with Crippen molar-refractivity contribution in [3.63, 3.8) is 0 Å². The molecular weight excluding hydrogens is 460 g/mol. The van der Waals surface area contributed by atoms with Gasteiger partial charge in [-0.2, -0.15) is 0 Å². The minimum absolute atomic E-state index is 0.00482. The Morgan fingerprint density at radius 3 is 2.48 bits per heavy atom. The number of hydrogen-bond donors (Lipinski definition) is 0. The third-order valence-corrected chi connectivity index (χ3v) is 4.90. The van der Waals surface area contributed by atoms with Gasteiger partial charge in [0.2, 0.25) is 11.2 Å². The molecule has 0 bridgehead atoms. The summed E-state index contributed by atoms with van der Waals surface area (Å²) < 4.78 is 17.3. The summed E-state index contributed by atoms with van der Waals surface area (Å²) in [5, 5.41) is 0.667. The fourth-order valence-electron chi connectivity index (χ4n) is 2.62. The van der Waals surface area contributed by atoms with E-state index in [-0.39, 0.29) is 27.9 Å². The molecule has 4 aromatic rings. The summed E-state index contributed by atoms with van der Waals surface area (Å²) in [6.07, 6.45) is 1.20. The maximum absolute atomic E-state index is 12.7. The van der Waals surface area contributed by atoms with Crippen LogP contribution in [0.2, 0.25) is 5.02 Å². The van der Waals surface area contributed by atoms with Gasteiger partial charge in [-0.05, 0) is 48.5 Å². The maximum Gasteiger partial charge on any atom is 0.343 e. The molecule has 0 fully saturated rings. The SMILES string of the molecule is O=C(Oc1ccc2c(=O)c(Oc3ccccc3Cl)coc2c1)c1ccc(Br)cc1. The van der Waals surface area contributed by atoms with Crippen LogP contribution in [0.4, 0.5) is 0 Å². The Kier molecular flexibility index (Phi) is 5.38. The molecule has 0 atom stereocenters. The van der Waals surface area contributed by atoms with Gasteiger partial charge in [0.1, 0.15) is 23.3 Å². The van der Waals surface area contributed by atoms with Gasteiger partial charge in [-0.25, -0.2) is 4.79 Å². The van der Waals surface area contributed by atoms with E-state index in [1.165, 1.54) is 24.5 Å². The molecule has 0 unspecified atom stereocenters. The second kappa shape index (κ2) is 8.11. The minimum Gasteiger partial charge on any atom is -0.460 e. The standard InChI is InChI=1S/C22H12BrClO5/c23-14-7-5-13(6-8-14)22(26)28-15-9-10-16-19(11-15)27-12-20(21(16)25)29-18-4-2-1-3-17(18)24/h1-12H. The van der Waals surface area contributed by atoms with Crippen molar-refractivity contribution >= 4 is 44.5 Å². The summed E-state index contributed by atoms with van der Waals surface area (Å²) in [4.78, 5) is 24.9. The van der Waals surface area contributed by atoms with Crippen molar-refractivity contribution in [1.82, 2.24) is 0 Å². The molecule has 0 aliphatic heterocycles. The molecule has 4 rings (SSSR count). The van der Waals surface area contributed by atoms with E-state index >= 15 is 0 Å². The Balaban J connectivity index is 1.60. The molecule has 0 N–H and O–H groups in total. The zero-order valence-corrected chi connectivity index (χ0v) is 17.1. The largest absolute Gasteiger partial charge is 0.460 e. The predicted molar refractivity (Wildman–Crippen MR) is 113 cm³/mol. The fourth-order valence-corrected chi connectivity index (χ4v) is 3.06. The lowest BCUT2D eigenvalue weighted by Gasteiger charge is -2.08. The number of benzene rings is 3. The van der Waals surface area contributed by atoms with Gasteiger partial charge in [-0.3, -0.25) is 4.79 Å². The molecule has 7 heteroatoms. The number of carbonyl (C=O) groups is 1. The lowest BCUT2D eigenvalue weighted by atomic mass is 10.2. The molecule has 0 saturated carbocycles. The molecule has 1 heterocycles. The first-order chi connectivity index (χ1) is 14.0.